The van der Waals surface area contributed by atoms with Crippen molar-refractivity contribution >= 4 is 23.3 Å². The third-order valence-electron chi connectivity index (χ3n) is 3.73. The molecule has 1 aromatic rings. The number of amides is 1. The molecule has 0 spiro atoms. The summed E-state index contributed by atoms with van der Waals surface area (Å²) in [6, 6.07) is 5.76. The second-order valence-corrected chi connectivity index (χ2v) is 5.38. The van der Waals surface area contributed by atoms with Gasteiger partial charge in [-0.1, -0.05) is 26.0 Å². The van der Waals surface area contributed by atoms with Crippen molar-refractivity contribution in [3.05, 3.63) is 34.4 Å². The molecule has 2 unspecified atom stereocenters. The molecule has 0 aromatic heterocycles. The van der Waals surface area contributed by atoms with Gasteiger partial charge in [0.25, 0.3) is 5.69 Å². The van der Waals surface area contributed by atoms with Crippen molar-refractivity contribution in [2.75, 3.05) is 5.32 Å². The fourth-order valence-corrected chi connectivity index (χ4v) is 2.54. The number of benzene rings is 1. The summed E-state index contributed by atoms with van der Waals surface area (Å²) in [5.41, 5.74) is -0.778. The summed E-state index contributed by atoms with van der Waals surface area (Å²) in [4.78, 5) is 33.4. The molecule has 1 aliphatic carbocycles. The molecule has 0 saturated heterocycles. The maximum absolute atomic E-state index is 12.1. The second-order valence-electron chi connectivity index (χ2n) is 5.38. The number of carbonyl (C=O) groups excluding carboxylic acids is 1. The van der Waals surface area contributed by atoms with Crippen LogP contribution in [0.4, 0.5) is 11.4 Å². The van der Waals surface area contributed by atoms with Crippen LogP contribution in [-0.4, -0.2) is 21.9 Å². The van der Waals surface area contributed by atoms with Crippen LogP contribution in [0.2, 0.25) is 0 Å². The number of nitrogens with one attached hydrogen (secondary N) is 1. The molecule has 1 amide bonds. The molecule has 1 aromatic carbocycles. The van der Waals surface area contributed by atoms with E-state index >= 15 is 0 Å². The summed E-state index contributed by atoms with van der Waals surface area (Å²) >= 11 is 0. The van der Waals surface area contributed by atoms with Gasteiger partial charge in [-0.05, 0) is 11.5 Å². The first-order valence-electron chi connectivity index (χ1n) is 6.04. The molecule has 1 aliphatic rings. The van der Waals surface area contributed by atoms with E-state index in [1.54, 1.807) is 19.9 Å². The summed E-state index contributed by atoms with van der Waals surface area (Å²) in [6.07, 6.45) is 0. The van der Waals surface area contributed by atoms with Gasteiger partial charge < -0.3 is 10.4 Å². The van der Waals surface area contributed by atoms with Crippen LogP contribution in [0.1, 0.15) is 13.8 Å². The molecule has 2 rings (SSSR count). The highest BCUT2D eigenvalue weighted by Gasteiger charge is 2.65. The molecule has 2 atom stereocenters. The topological polar surface area (TPSA) is 110 Å². The molecule has 106 valence electrons. The number of nitro groups is 1. The van der Waals surface area contributed by atoms with E-state index in [1.807, 2.05) is 0 Å². The smallest absolute Gasteiger partial charge is 0.307 e. The van der Waals surface area contributed by atoms with Crippen molar-refractivity contribution in [3.8, 4) is 0 Å². The van der Waals surface area contributed by atoms with Crippen LogP contribution in [0.15, 0.2) is 24.3 Å². The number of rotatable bonds is 4. The van der Waals surface area contributed by atoms with Crippen LogP contribution < -0.4 is 5.32 Å². The molecule has 0 bridgehead atoms. The van der Waals surface area contributed by atoms with Crippen LogP contribution in [0.3, 0.4) is 0 Å². The summed E-state index contributed by atoms with van der Waals surface area (Å²) in [5, 5.41) is 22.3. The molecule has 7 nitrogen and oxygen atoms in total. The van der Waals surface area contributed by atoms with Crippen molar-refractivity contribution in [2.24, 2.45) is 17.3 Å². The van der Waals surface area contributed by atoms with E-state index in [4.69, 9.17) is 5.11 Å². The van der Waals surface area contributed by atoms with Crippen LogP contribution in [0.5, 0.6) is 0 Å². The lowest BCUT2D eigenvalue weighted by Crippen LogP contribution is -2.18. The van der Waals surface area contributed by atoms with E-state index in [-0.39, 0.29) is 11.4 Å². The minimum Gasteiger partial charge on any atom is -0.481 e. The highest BCUT2D eigenvalue weighted by molar-refractivity contribution is 6.00. The summed E-state index contributed by atoms with van der Waals surface area (Å²) in [5.74, 6) is -2.97. The number of nitrogens with zero attached hydrogens (tertiary/aromatic N) is 1. The van der Waals surface area contributed by atoms with E-state index in [0.29, 0.717) is 0 Å². The number of carbonyl (C=O) groups is 2. The van der Waals surface area contributed by atoms with Crippen LogP contribution in [0.25, 0.3) is 0 Å². The van der Waals surface area contributed by atoms with E-state index < -0.39 is 34.1 Å². The van der Waals surface area contributed by atoms with Gasteiger partial charge in [-0.2, -0.15) is 0 Å². The van der Waals surface area contributed by atoms with Crippen molar-refractivity contribution in [3.63, 3.8) is 0 Å². The Labute approximate surface area is 114 Å². The Morgan fingerprint density at radius 1 is 1.30 bits per heavy atom. The highest BCUT2D eigenvalue weighted by Crippen LogP contribution is 2.58. The molecule has 0 heterocycles. The monoisotopic (exact) mass is 278 g/mol. The Bertz CT molecular complexity index is 596. The van der Waals surface area contributed by atoms with Crippen LogP contribution in [-0.2, 0) is 9.59 Å². The molecule has 1 fully saturated rings. The largest absolute Gasteiger partial charge is 0.481 e. The number of carboxylic acids is 1. The Hall–Kier alpha value is -2.44. The molecule has 20 heavy (non-hydrogen) atoms. The van der Waals surface area contributed by atoms with Gasteiger partial charge in [0.15, 0.2) is 0 Å². The molecular weight excluding hydrogens is 264 g/mol. The van der Waals surface area contributed by atoms with E-state index in [2.05, 4.69) is 5.32 Å². The first kappa shape index (κ1) is 14.0. The minimum atomic E-state index is -1.03. The first-order chi connectivity index (χ1) is 9.26. The lowest BCUT2D eigenvalue weighted by molar-refractivity contribution is -0.383. The normalized spacial score (nSPS) is 22.9. The molecule has 0 radical (unpaired) electrons. The fourth-order valence-electron chi connectivity index (χ4n) is 2.54. The average Bonchev–Trinajstić information content (AvgIpc) is 2.93. The molecule has 0 aliphatic heterocycles. The third-order valence-corrected chi connectivity index (χ3v) is 3.73. The van der Waals surface area contributed by atoms with Crippen LogP contribution in [0, 0.1) is 27.4 Å². The maximum Gasteiger partial charge on any atom is 0.307 e. The van der Waals surface area contributed by atoms with Gasteiger partial charge in [-0.3, -0.25) is 19.7 Å². The zero-order valence-electron chi connectivity index (χ0n) is 11.0. The number of nitro benzene ring substituents is 1. The highest BCUT2D eigenvalue weighted by atomic mass is 16.6. The third kappa shape index (κ3) is 2.22. The van der Waals surface area contributed by atoms with E-state index in [9.17, 15) is 19.7 Å². The molecule has 2 N–H and O–H groups in total. The predicted octanol–water partition coefficient (Wildman–Crippen LogP) is 1.89. The predicted molar refractivity (Wildman–Crippen MR) is 70.1 cm³/mol. The zero-order chi connectivity index (χ0) is 15.1. The number of aliphatic carboxylic acids is 1. The zero-order valence-corrected chi connectivity index (χ0v) is 11.0. The van der Waals surface area contributed by atoms with Gasteiger partial charge in [0.05, 0.1) is 16.8 Å². The maximum atomic E-state index is 12.1. The first-order valence-corrected chi connectivity index (χ1v) is 6.04. The Kier molecular flexibility index (Phi) is 3.21. The number of hydrogen-bond acceptors (Lipinski definition) is 4. The summed E-state index contributed by atoms with van der Waals surface area (Å²) in [6.45, 7) is 3.38. The number of hydrogen-bond donors (Lipinski definition) is 2. The Morgan fingerprint density at radius 3 is 2.40 bits per heavy atom. The van der Waals surface area contributed by atoms with Gasteiger partial charge in [0.2, 0.25) is 5.91 Å². The van der Waals surface area contributed by atoms with Crippen molar-refractivity contribution < 1.29 is 19.6 Å². The fraction of sp³-hybridized carbons (Fsp3) is 0.385. The molecular formula is C13H14N2O5. The quantitative estimate of drug-likeness (QED) is 0.645. The van der Waals surface area contributed by atoms with Crippen LogP contribution >= 0.6 is 0 Å². The van der Waals surface area contributed by atoms with E-state index in [1.165, 1.54) is 18.2 Å². The number of para-hydroxylation sites is 2. The molecule has 1 saturated carbocycles. The Balaban J connectivity index is 2.18. The second kappa shape index (κ2) is 4.59. The van der Waals surface area contributed by atoms with Crippen molar-refractivity contribution in [1.82, 2.24) is 0 Å². The molecule has 7 heteroatoms. The average molecular weight is 278 g/mol. The van der Waals surface area contributed by atoms with Gasteiger partial charge in [-0.15, -0.1) is 0 Å². The van der Waals surface area contributed by atoms with E-state index in [0.717, 1.165) is 0 Å². The minimum absolute atomic E-state index is 0.0781. The van der Waals surface area contributed by atoms with Gasteiger partial charge in [0.1, 0.15) is 5.69 Å². The summed E-state index contributed by atoms with van der Waals surface area (Å²) in [7, 11) is 0. The summed E-state index contributed by atoms with van der Waals surface area (Å²) < 4.78 is 0. The van der Waals surface area contributed by atoms with Crippen molar-refractivity contribution in [2.45, 2.75) is 13.8 Å². The standard InChI is InChI=1S/C13H14N2O5/c1-13(2)9(10(13)12(17)18)11(16)14-7-5-3-4-6-8(7)15(19)20/h3-6,9-10H,1-2H3,(H,14,16)(H,17,18). The number of anilines is 1. The number of carboxylic acid groups (broad SMARTS) is 1. The lowest BCUT2D eigenvalue weighted by Gasteiger charge is -2.06. The SMILES string of the molecule is CC1(C)C(C(=O)O)C1C(=O)Nc1ccccc1[N+](=O)[O-]. The van der Waals surface area contributed by atoms with Gasteiger partial charge >= 0.3 is 5.97 Å². The van der Waals surface area contributed by atoms with Gasteiger partial charge in [0, 0.05) is 6.07 Å². The van der Waals surface area contributed by atoms with Crippen molar-refractivity contribution in [1.29, 1.82) is 0 Å². The van der Waals surface area contributed by atoms with Gasteiger partial charge in [-0.25, -0.2) is 0 Å². The Morgan fingerprint density at radius 2 is 1.90 bits per heavy atom. The lowest BCUT2D eigenvalue weighted by atomic mass is 10.1.